The lowest BCUT2D eigenvalue weighted by atomic mass is 10.3. The van der Waals surface area contributed by atoms with Gasteiger partial charge >= 0.3 is 0 Å². The Morgan fingerprint density at radius 1 is 1.43 bits per heavy atom. The van der Waals surface area contributed by atoms with Gasteiger partial charge in [-0.15, -0.1) is 12.3 Å². The van der Waals surface area contributed by atoms with Crippen molar-refractivity contribution < 1.29 is 0 Å². The lowest BCUT2D eigenvalue weighted by molar-refractivity contribution is 1.12. The Morgan fingerprint density at radius 3 is 2.57 bits per heavy atom. The molecule has 0 bridgehead atoms. The first-order chi connectivity index (χ1) is 3.41. The molecule has 0 aromatic heterocycles. The van der Waals surface area contributed by atoms with Crippen molar-refractivity contribution >= 4 is 0 Å². The molecular formula is C6H7N. The fraction of sp³-hybridized carbons (Fsp3) is 0.333. The third-order valence-corrected chi connectivity index (χ3v) is 0.496. The monoisotopic (exact) mass is 93.1 g/mol. The summed E-state index contributed by atoms with van der Waals surface area (Å²) in [6.45, 7) is 0. The van der Waals surface area contributed by atoms with E-state index in [0.29, 0.717) is 12.8 Å². The molecule has 0 saturated heterocycles. The molecule has 0 heterocycles. The Kier molecular flexibility index (Phi) is 4.16. The van der Waals surface area contributed by atoms with E-state index >= 15 is 0 Å². The SMILES string of the molecule is C#CCCC#CN. The second kappa shape index (κ2) is 4.92. The van der Waals surface area contributed by atoms with Gasteiger partial charge < -0.3 is 5.73 Å². The van der Waals surface area contributed by atoms with Crippen molar-refractivity contribution in [1.82, 2.24) is 0 Å². The number of hydrogen-bond acceptors (Lipinski definition) is 1. The van der Waals surface area contributed by atoms with Gasteiger partial charge in [-0.3, -0.25) is 0 Å². The van der Waals surface area contributed by atoms with E-state index in [1.165, 1.54) is 0 Å². The summed E-state index contributed by atoms with van der Waals surface area (Å²) in [4.78, 5) is 0. The molecule has 0 fully saturated rings. The third kappa shape index (κ3) is 4.92. The minimum atomic E-state index is 0.699. The first-order valence-corrected chi connectivity index (χ1v) is 2.03. The first kappa shape index (κ1) is 5.92. The van der Waals surface area contributed by atoms with Gasteiger partial charge in [0.15, 0.2) is 0 Å². The molecule has 0 saturated carbocycles. The molecule has 0 atom stereocenters. The summed E-state index contributed by atoms with van der Waals surface area (Å²) in [5, 5.41) is 0. The van der Waals surface area contributed by atoms with Crippen molar-refractivity contribution in [3.8, 4) is 24.3 Å². The molecular weight excluding hydrogens is 86.1 g/mol. The van der Waals surface area contributed by atoms with Crippen molar-refractivity contribution in [1.29, 1.82) is 0 Å². The van der Waals surface area contributed by atoms with Gasteiger partial charge in [-0.2, -0.15) is 0 Å². The topological polar surface area (TPSA) is 26.0 Å². The molecule has 0 aliphatic heterocycles. The van der Waals surface area contributed by atoms with Gasteiger partial charge in [0.2, 0.25) is 0 Å². The highest BCUT2D eigenvalue weighted by molar-refractivity contribution is 4.97. The molecule has 0 rings (SSSR count). The van der Waals surface area contributed by atoms with Crippen molar-refractivity contribution in [3.05, 3.63) is 0 Å². The number of rotatable bonds is 1. The molecule has 0 spiro atoms. The van der Waals surface area contributed by atoms with E-state index in [2.05, 4.69) is 17.9 Å². The van der Waals surface area contributed by atoms with Crippen LogP contribution in [0.5, 0.6) is 0 Å². The highest BCUT2D eigenvalue weighted by Crippen LogP contribution is 1.78. The molecule has 0 aromatic carbocycles. The summed E-state index contributed by atoms with van der Waals surface area (Å²) in [6, 6.07) is 2.26. The van der Waals surface area contributed by atoms with Gasteiger partial charge in [0.1, 0.15) is 0 Å². The Labute approximate surface area is 43.9 Å². The van der Waals surface area contributed by atoms with E-state index in [1.54, 1.807) is 0 Å². The van der Waals surface area contributed by atoms with Crippen LogP contribution in [0, 0.1) is 24.3 Å². The third-order valence-electron chi connectivity index (χ3n) is 0.496. The maximum Gasteiger partial charge on any atom is 0.0217 e. The molecule has 36 valence electrons. The predicted octanol–water partition coefficient (Wildman–Crippen LogP) is 0.319. The molecule has 7 heavy (non-hydrogen) atoms. The fourth-order valence-electron chi connectivity index (χ4n) is 0.207. The van der Waals surface area contributed by atoms with Crippen molar-refractivity contribution in [2.24, 2.45) is 5.73 Å². The van der Waals surface area contributed by atoms with E-state index in [0.717, 1.165) is 0 Å². The fourth-order valence-corrected chi connectivity index (χ4v) is 0.207. The summed E-state index contributed by atoms with van der Waals surface area (Å²) in [5.74, 6) is 5.08. The van der Waals surface area contributed by atoms with Crippen LogP contribution in [0.25, 0.3) is 0 Å². The van der Waals surface area contributed by atoms with Crippen molar-refractivity contribution in [3.63, 3.8) is 0 Å². The van der Waals surface area contributed by atoms with Crippen LogP contribution in [0.4, 0.5) is 0 Å². The largest absolute Gasteiger partial charge is 0.359 e. The zero-order valence-electron chi connectivity index (χ0n) is 4.07. The lowest BCUT2D eigenvalue weighted by Gasteiger charge is -1.72. The van der Waals surface area contributed by atoms with Crippen LogP contribution < -0.4 is 5.73 Å². The molecule has 1 heteroatoms. The van der Waals surface area contributed by atoms with Crippen molar-refractivity contribution in [2.75, 3.05) is 0 Å². The number of terminal acetylenes is 1. The van der Waals surface area contributed by atoms with Crippen LogP contribution >= 0.6 is 0 Å². The summed E-state index contributed by atoms with van der Waals surface area (Å²) >= 11 is 0. The molecule has 0 aliphatic rings. The summed E-state index contributed by atoms with van der Waals surface area (Å²) in [5.41, 5.74) is 4.84. The Hall–Kier alpha value is -1.08. The maximum atomic E-state index is 4.91. The molecule has 0 aromatic rings. The quantitative estimate of drug-likeness (QED) is 0.282. The average molecular weight is 93.1 g/mol. The average Bonchev–Trinajstić information content (AvgIpc) is 1.69. The molecule has 0 amide bonds. The Balaban J connectivity index is 2.98. The van der Waals surface area contributed by atoms with Crippen LogP contribution in [0.2, 0.25) is 0 Å². The second-order valence-electron chi connectivity index (χ2n) is 1.03. The van der Waals surface area contributed by atoms with Gasteiger partial charge in [-0.25, -0.2) is 0 Å². The number of hydrogen-bond donors (Lipinski definition) is 1. The van der Waals surface area contributed by atoms with Gasteiger partial charge in [0, 0.05) is 18.9 Å². The van der Waals surface area contributed by atoms with Crippen LogP contribution in [-0.2, 0) is 0 Å². The molecule has 0 radical (unpaired) electrons. The van der Waals surface area contributed by atoms with E-state index in [4.69, 9.17) is 12.2 Å². The minimum absolute atomic E-state index is 0.699. The Bertz CT molecular complexity index is 119. The van der Waals surface area contributed by atoms with Crippen LogP contribution in [0.3, 0.4) is 0 Å². The Morgan fingerprint density at radius 2 is 2.14 bits per heavy atom. The molecule has 1 nitrogen and oxygen atoms in total. The van der Waals surface area contributed by atoms with Crippen LogP contribution in [-0.4, -0.2) is 0 Å². The second-order valence-corrected chi connectivity index (χ2v) is 1.03. The smallest absolute Gasteiger partial charge is 0.0217 e. The van der Waals surface area contributed by atoms with Crippen LogP contribution in [0.1, 0.15) is 12.8 Å². The van der Waals surface area contributed by atoms with Crippen molar-refractivity contribution in [2.45, 2.75) is 12.8 Å². The zero-order chi connectivity index (χ0) is 5.54. The summed E-state index contributed by atoms with van der Waals surface area (Å²) in [7, 11) is 0. The predicted molar refractivity (Wildman–Crippen MR) is 30.0 cm³/mol. The number of nitrogens with two attached hydrogens (primary N) is 1. The minimum Gasteiger partial charge on any atom is -0.359 e. The normalized spacial score (nSPS) is 5.57. The standard InChI is InChI=1S/C6H7N/c1-2-3-4-5-6-7/h1H,3-4,7H2. The molecule has 0 aliphatic carbocycles. The molecule has 0 unspecified atom stereocenters. The van der Waals surface area contributed by atoms with Gasteiger partial charge in [0.25, 0.3) is 0 Å². The van der Waals surface area contributed by atoms with Gasteiger partial charge in [-0.1, -0.05) is 5.92 Å². The van der Waals surface area contributed by atoms with Crippen LogP contribution in [0.15, 0.2) is 0 Å². The lowest BCUT2D eigenvalue weighted by Crippen LogP contribution is -1.75. The summed E-state index contributed by atoms with van der Waals surface area (Å²) in [6.07, 6.45) is 6.32. The van der Waals surface area contributed by atoms with E-state index in [1.807, 2.05) is 0 Å². The maximum absolute atomic E-state index is 4.91. The highest BCUT2D eigenvalue weighted by atomic mass is 14.4. The first-order valence-electron chi connectivity index (χ1n) is 2.03. The number of unbranched alkanes of at least 4 members (excludes halogenated alkanes) is 1. The van der Waals surface area contributed by atoms with Gasteiger partial charge in [0.05, 0.1) is 0 Å². The van der Waals surface area contributed by atoms with Gasteiger partial charge in [-0.05, 0) is 0 Å². The van der Waals surface area contributed by atoms with E-state index in [9.17, 15) is 0 Å². The van der Waals surface area contributed by atoms with E-state index in [-0.39, 0.29) is 0 Å². The molecule has 2 N–H and O–H groups in total. The highest BCUT2D eigenvalue weighted by Gasteiger charge is 1.68. The van der Waals surface area contributed by atoms with E-state index < -0.39 is 0 Å². The summed E-state index contributed by atoms with van der Waals surface area (Å²) < 4.78 is 0. The zero-order valence-corrected chi connectivity index (χ0v) is 4.07.